The number of aryl methyl sites for hydroxylation is 2. The summed E-state index contributed by atoms with van der Waals surface area (Å²) in [5.74, 6) is 2.02. The van der Waals surface area contributed by atoms with E-state index in [1.807, 2.05) is 35.7 Å². The third kappa shape index (κ3) is 5.42. The second kappa shape index (κ2) is 9.49. The number of aromatic nitrogens is 1. The lowest BCUT2D eigenvalue weighted by Crippen LogP contribution is -2.31. The zero-order valence-corrected chi connectivity index (χ0v) is 18.8. The number of para-hydroxylation sites is 1. The molecule has 1 aromatic heterocycles. The van der Waals surface area contributed by atoms with E-state index >= 15 is 0 Å². The van der Waals surface area contributed by atoms with Crippen LogP contribution in [0.1, 0.15) is 36.8 Å². The van der Waals surface area contributed by atoms with Gasteiger partial charge >= 0.3 is 0 Å². The Balaban J connectivity index is 1.49. The first-order chi connectivity index (χ1) is 15.0. The van der Waals surface area contributed by atoms with Crippen molar-refractivity contribution in [2.24, 2.45) is 16.5 Å². The molecule has 1 heterocycles. The van der Waals surface area contributed by atoms with Crippen molar-refractivity contribution in [2.75, 3.05) is 5.32 Å². The molecule has 0 atom stereocenters. The monoisotopic (exact) mass is 435 g/mol. The standard InChI is InChI=1S/C24H29N5OS/c1-15-7-12-21(16(2)13-15)30-22-6-4-3-5-19(22)20-14-31-24(28-20)29-23(26)27-18-10-8-17(25)9-11-18/h3-7,12-14,17-18H,8-11,25H2,1-2H3,(H3,26,27,28,29). The maximum absolute atomic E-state index is 6.23. The van der Waals surface area contributed by atoms with Crippen LogP contribution in [-0.2, 0) is 0 Å². The number of nitrogens with two attached hydrogens (primary N) is 2. The van der Waals surface area contributed by atoms with E-state index in [-0.39, 0.29) is 6.04 Å². The van der Waals surface area contributed by atoms with Gasteiger partial charge in [0.05, 0.1) is 11.7 Å². The van der Waals surface area contributed by atoms with E-state index in [0.717, 1.165) is 54.0 Å². The van der Waals surface area contributed by atoms with Crippen LogP contribution in [0.2, 0.25) is 0 Å². The summed E-state index contributed by atoms with van der Waals surface area (Å²) in [7, 11) is 0. The van der Waals surface area contributed by atoms with Gasteiger partial charge in [-0.15, -0.1) is 11.3 Å². The molecule has 0 unspecified atom stereocenters. The highest BCUT2D eigenvalue weighted by molar-refractivity contribution is 7.14. The number of thiazole rings is 1. The minimum Gasteiger partial charge on any atom is -0.456 e. The van der Waals surface area contributed by atoms with Gasteiger partial charge in [-0.1, -0.05) is 29.8 Å². The van der Waals surface area contributed by atoms with Crippen LogP contribution in [0, 0.1) is 13.8 Å². The normalized spacial score (nSPS) is 19.3. The van der Waals surface area contributed by atoms with Gasteiger partial charge < -0.3 is 21.5 Å². The second-order valence-electron chi connectivity index (χ2n) is 8.11. The number of hydrogen-bond donors (Lipinski definition) is 3. The van der Waals surface area contributed by atoms with E-state index in [4.69, 9.17) is 21.2 Å². The first kappa shape index (κ1) is 21.3. The third-order valence-electron chi connectivity index (χ3n) is 5.52. The van der Waals surface area contributed by atoms with Crippen molar-refractivity contribution in [3.8, 4) is 22.8 Å². The van der Waals surface area contributed by atoms with E-state index in [1.54, 1.807) is 0 Å². The largest absolute Gasteiger partial charge is 0.456 e. The smallest absolute Gasteiger partial charge is 0.195 e. The van der Waals surface area contributed by atoms with Gasteiger partial charge in [0.15, 0.2) is 11.1 Å². The number of ether oxygens (including phenoxy) is 1. The first-order valence-electron chi connectivity index (χ1n) is 10.6. The molecule has 0 amide bonds. The van der Waals surface area contributed by atoms with Crippen LogP contribution < -0.4 is 21.5 Å². The molecule has 4 rings (SSSR count). The average molecular weight is 436 g/mol. The zero-order valence-electron chi connectivity index (χ0n) is 18.0. The fourth-order valence-corrected chi connectivity index (χ4v) is 4.54. The Bertz CT molecular complexity index is 1070. The van der Waals surface area contributed by atoms with E-state index in [1.165, 1.54) is 16.9 Å². The van der Waals surface area contributed by atoms with Crippen molar-refractivity contribution in [3.63, 3.8) is 0 Å². The van der Waals surface area contributed by atoms with Crippen molar-refractivity contribution < 1.29 is 4.74 Å². The maximum Gasteiger partial charge on any atom is 0.195 e. The zero-order chi connectivity index (χ0) is 21.8. The van der Waals surface area contributed by atoms with Crippen LogP contribution in [-0.4, -0.2) is 23.0 Å². The number of guanidine groups is 1. The summed E-state index contributed by atoms with van der Waals surface area (Å²) in [5, 5.41) is 5.85. The number of hydrogen-bond acceptors (Lipinski definition) is 5. The average Bonchev–Trinajstić information content (AvgIpc) is 3.20. The second-order valence-corrected chi connectivity index (χ2v) is 8.97. The Morgan fingerprint density at radius 3 is 2.65 bits per heavy atom. The number of anilines is 1. The molecule has 1 aliphatic carbocycles. The molecular formula is C24H29N5OS. The van der Waals surface area contributed by atoms with Crippen LogP contribution in [0.3, 0.4) is 0 Å². The molecule has 1 aliphatic rings. The van der Waals surface area contributed by atoms with Gasteiger partial charge in [0.2, 0.25) is 0 Å². The summed E-state index contributed by atoms with van der Waals surface area (Å²) in [6.45, 7) is 4.13. The predicted octanol–water partition coefficient (Wildman–Crippen LogP) is 5.22. The molecule has 3 aromatic rings. The molecule has 2 aromatic carbocycles. The van der Waals surface area contributed by atoms with Gasteiger partial charge in [0.25, 0.3) is 0 Å². The van der Waals surface area contributed by atoms with Crippen molar-refractivity contribution in [1.29, 1.82) is 0 Å². The molecular weight excluding hydrogens is 406 g/mol. The highest BCUT2D eigenvalue weighted by atomic mass is 32.1. The Kier molecular flexibility index (Phi) is 6.53. The Morgan fingerprint density at radius 1 is 1.10 bits per heavy atom. The van der Waals surface area contributed by atoms with E-state index in [2.05, 4.69) is 36.3 Å². The van der Waals surface area contributed by atoms with Gasteiger partial charge in [-0.2, -0.15) is 0 Å². The minimum atomic E-state index is 0.235. The van der Waals surface area contributed by atoms with Crippen molar-refractivity contribution in [1.82, 2.24) is 4.98 Å². The molecule has 0 bridgehead atoms. The van der Waals surface area contributed by atoms with Crippen LogP contribution in [0.5, 0.6) is 11.5 Å². The fraction of sp³-hybridized carbons (Fsp3) is 0.333. The van der Waals surface area contributed by atoms with Gasteiger partial charge in [-0.3, -0.25) is 0 Å². The van der Waals surface area contributed by atoms with Crippen LogP contribution in [0.25, 0.3) is 11.3 Å². The van der Waals surface area contributed by atoms with E-state index in [0.29, 0.717) is 17.1 Å². The quantitative estimate of drug-likeness (QED) is 0.377. The number of nitrogens with zero attached hydrogens (tertiary/aromatic N) is 2. The molecule has 5 N–H and O–H groups in total. The summed E-state index contributed by atoms with van der Waals surface area (Å²) in [6.07, 6.45) is 3.96. The highest BCUT2D eigenvalue weighted by Gasteiger charge is 2.18. The molecule has 6 nitrogen and oxygen atoms in total. The molecule has 0 radical (unpaired) electrons. The topological polar surface area (TPSA) is 98.5 Å². The minimum absolute atomic E-state index is 0.235. The van der Waals surface area contributed by atoms with E-state index < -0.39 is 0 Å². The molecule has 31 heavy (non-hydrogen) atoms. The summed E-state index contributed by atoms with van der Waals surface area (Å²) in [6, 6.07) is 14.6. The molecule has 1 saturated carbocycles. The van der Waals surface area contributed by atoms with Crippen LogP contribution in [0.4, 0.5) is 5.13 Å². The Labute approximate surface area is 187 Å². The molecule has 0 spiro atoms. The number of aliphatic imine (C=N–C) groups is 1. The van der Waals surface area contributed by atoms with Crippen LogP contribution >= 0.6 is 11.3 Å². The number of benzene rings is 2. The maximum atomic E-state index is 6.23. The first-order valence-corrected chi connectivity index (χ1v) is 11.5. The molecule has 162 valence electrons. The van der Waals surface area contributed by atoms with Crippen molar-refractivity contribution >= 4 is 22.4 Å². The Morgan fingerprint density at radius 2 is 1.87 bits per heavy atom. The summed E-state index contributed by atoms with van der Waals surface area (Å²) >= 11 is 1.50. The molecule has 1 fully saturated rings. The van der Waals surface area contributed by atoms with Gasteiger partial charge in [-0.25, -0.2) is 9.98 Å². The highest BCUT2D eigenvalue weighted by Crippen LogP contribution is 2.36. The van der Waals surface area contributed by atoms with Gasteiger partial charge in [0.1, 0.15) is 11.5 Å². The third-order valence-corrected chi connectivity index (χ3v) is 6.27. The molecule has 7 heteroatoms. The van der Waals surface area contributed by atoms with Crippen molar-refractivity contribution in [2.45, 2.75) is 51.6 Å². The van der Waals surface area contributed by atoms with Crippen molar-refractivity contribution in [3.05, 3.63) is 59.0 Å². The van der Waals surface area contributed by atoms with E-state index in [9.17, 15) is 0 Å². The predicted molar refractivity (Wildman–Crippen MR) is 129 cm³/mol. The lowest BCUT2D eigenvalue weighted by Gasteiger charge is -2.23. The fourth-order valence-electron chi connectivity index (χ4n) is 3.82. The SMILES string of the molecule is Cc1ccc(Oc2ccccc2-c2csc(NC(N)=NC3CCC(N)CC3)n2)c(C)c1. The summed E-state index contributed by atoms with van der Waals surface area (Å²) < 4.78 is 6.23. The number of nitrogens with one attached hydrogen (secondary N) is 1. The van der Waals surface area contributed by atoms with Gasteiger partial charge in [-0.05, 0) is 63.3 Å². The van der Waals surface area contributed by atoms with Gasteiger partial charge in [0, 0.05) is 17.0 Å². The lowest BCUT2D eigenvalue weighted by atomic mass is 9.92. The lowest BCUT2D eigenvalue weighted by molar-refractivity contribution is 0.396. The summed E-state index contributed by atoms with van der Waals surface area (Å²) in [5.41, 5.74) is 16.2. The van der Waals surface area contributed by atoms with Crippen LogP contribution in [0.15, 0.2) is 52.8 Å². The number of rotatable bonds is 5. The molecule has 0 aliphatic heterocycles. The summed E-state index contributed by atoms with van der Waals surface area (Å²) in [4.78, 5) is 9.32. The molecule has 0 saturated heterocycles. The Hall–Kier alpha value is -2.90.